The van der Waals surface area contributed by atoms with Crippen molar-refractivity contribution >= 4 is 30.8 Å². The van der Waals surface area contributed by atoms with Crippen LogP contribution in [0.4, 0.5) is 5.95 Å². The zero-order chi connectivity index (χ0) is 26.0. The normalized spacial score (nSPS) is 24.3. The molecule has 0 saturated carbocycles. The fourth-order valence-corrected chi connectivity index (χ4v) is 5.26. The van der Waals surface area contributed by atoms with E-state index in [0.29, 0.717) is 0 Å². The highest BCUT2D eigenvalue weighted by Gasteiger charge is 2.44. The lowest BCUT2D eigenvalue weighted by Crippen LogP contribution is -2.35. The Balaban J connectivity index is 1.53. The SMILES string of the molecule is COC(=O)[C@@H](C)NP(=O)(OC[C@H]1O[C@@H](n2cnc3c(=O)[nH]c(N)nc32)[C@H](O)[C@@H]1C)Oc1ccccc1. The number of benzene rings is 1. The van der Waals surface area contributed by atoms with Gasteiger partial charge in [-0.05, 0) is 19.1 Å². The fraction of sp³-hybridized carbons (Fsp3) is 0.429. The second kappa shape index (κ2) is 10.4. The van der Waals surface area contributed by atoms with Crippen LogP contribution in [-0.2, 0) is 23.4 Å². The molecule has 194 valence electrons. The van der Waals surface area contributed by atoms with Crippen molar-refractivity contribution < 1.29 is 33.0 Å². The van der Waals surface area contributed by atoms with Gasteiger partial charge in [0.15, 0.2) is 17.4 Å². The van der Waals surface area contributed by atoms with Gasteiger partial charge in [0.2, 0.25) is 5.95 Å². The minimum Gasteiger partial charge on any atom is -0.468 e. The van der Waals surface area contributed by atoms with E-state index >= 15 is 0 Å². The summed E-state index contributed by atoms with van der Waals surface area (Å²) in [5.41, 5.74) is 5.30. The van der Waals surface area contributed by atoms with Crippen LogP contribution in [0.1, 0.15) is 20.1 Å². The van der Waals surface area contributed by atoms with E-state index in [0.717, 1.165) is 0 Å². The van der Waals surface area contributed by atoms with Gasteiger partial charge in [-0.25, -0.2) is 9.55 Å². The van der Waals surface area contributed by atoms with Crippen molar-refractivity contribution in [3.63, 3.8) is 0 Å². The van der Waals surface area contributed by atoms with Crippen molar-refractivity contribution in [2.24, 2.45) is 5.92 Å². The molecule has 1 aliphatic rings. The van der Waals surface area contributed by atoms with Gasteiger partial charge in [-0.15, -0.1) is 0 Å². The highest BCUT2D eigenvalue weighted by molar-refractivity contribution is 7.52. The van der Waals surface area contributed by atoms with E-state index in [1.165, 1.54) is 24.9 Å². The third kappa shape index (κ3) is 5.27. The number of carbonyl (C=O) groups is 1. The summed E-state index contributed by atoms with van der Waals surface area (Å²) in [7, 11) is -2.90. The Morgan fingerprint density at radius 2 is 2.11 bits per heavy atom. The number of nitrogens with zero attached hydrogens (tertiary/aromatic N) is 3. The van der Waals surface area contributed by atoms with Crippen LogP contribution in [0.2, 0.25) is 0 Å². The van der Waals surface area contributed by atoms with Gasteiger partial charge >= 0.3 is 13.7 Å². The van der Waals surface area contributed by atoms with Gasteiger partial charge in [0.25, 0.3) is 5.56 Å². The Kier molecular flexibility index (Phi) is 7.43. The molecule has 0 aliphatic carbocycles. The number of nitrogens with one attached hydrogen (secondary N) is 2. The van der Waals surface area contributed by atoms with Crippen molar-refractivity contribution in [3.8, 4) is 5.75 Å². The van der Waals surface area contributed by atoms with Crippen molar-refractivity contribution in [2.45, 2.75) is 38.3 Å². The molecule has 1 fully saturated rings. The molecule has 0 bridgehead atoms. The molecular formula is C21H27N6O8P. The number of nitrogens with two attached hydrogens (primary N) is 1. The minimum atomic E-state index is -4.10. The second-order valence-electron chi connectivity index (χ2n) is 8.26. The molecular weight excluding hydrogens is 495 g/mol. The lowest BCUT2D eigenvalue weighted by molar-refractivity contribution is -0.142. The summed E-state index contributed by atoms with van der Waals surface area (Å²) in [6.45, 7) is 2.91. The third-order valence-corrected chi connectivity index (χ3v) is 7.38. The van der Waals surface area contributed by atoms with E-state index in [2.05, 4.69) is 24.8 Å². The largest absolute Gasteiger partial charge is 0.468 e. The van der Waals surface area contributed by atoms with E-state index in [-0.39, 0.29) is 29.5 Å². The van der Waals surface area contributed by atoms with Crippen molar-refractivity contribution in [1.82, 2.24) is 24.6 Å². The minimum absolute atomic E-state index is 0.0362. The number of ether oxygens (including phenoxy) is 2. The number of anilines is 1. The number of aromatic amines is 1. The number of fused-ring (bicyclic) bond motifs is 1. The molecule has 5 N–H and O–H groups in total. The van der Waals surface area contributed by atoms with Crippen LogP contribution in [0.3, 0.4) is 0 Å². The van der Waals surface area contributed by atoms with E-state index in [1.807, 2.05) is 0 Å². The zero-order valence-corrected chi connectivity index (χ0v) is 20.6. The van der Waals surface area contributed by atoms with Gasteiger partial charge in [-0.3, -0.25) is 23.7 Å². The lowest BCUT2D eigenvalue weighted by atomic mass is 10.0. The average Bonchev–Trinajstić information content (AvgIpc) is 3.38. The monoisotopic (exact) mass is 522 g/mol. The highest BCUT2D eigenvalue weighted by atomic mass is 31.2. The molecule has 0 radical (unpaired) electrons. The van der Waals surface area contributed by atoms with Crippen LogP contribution in [0.15, 0.2) is 41.5 Å². The Hall–Kier alpha value is -3.29. The molecule has 36 heavy (non-hydrogen) atoms. The van der Waals surface area contributed by atoms with Crippen molar-refractivity contribution in [2.75, 3.05) is 19.5 Å². The van der Waals surface area contributed by atoms with Gasteiger partial charge < -0.3 is 24.8 Å². The molecule has 1 saturated heterocycles. The fourth-order valence-electron chi connectivity index (χ4n) is 3.76. The molecule has 3 aromatic rings. The molecule has 1 unspecified atom stereocenters. The quantitative estimate of drug-likeness (QED) is 0.230. The summed E-state index contributed by atoms with van der Waals surface area (Å²) in [6.07, 6.45) is -1.44. The first kappa shape index (κ1) is 25.8. The summed E-state index contributed by atoms with van der Waals surface area (Å²) in [5.74, 6) is -1.01. The summed E-state index contributed by atoms with van der Waals surface area (Å²) in [6, 6.07) is 7.30. The molecule has 1 aromatic carbocycles. The van der Waals surface area contributed by atoms with Crippen LogP contribution in [0, 0.1) is 5.92 Å². The predicted octanol–water partition coefficient (Wildman–Crippen LogP) is 0.951. The van der Waals surface area contributed by atoms with Crippen LogP contribution in [-0.4, -0.2) is 62.6 Å². The molecule has 2 aromatic heterocycles. The molecule has 4 rings (SSSR count). The maximum absolute atomic E-state index is 13.6. The van der Waals surface area contributed by atoms with E-state index in [1.54, 1.807) is 37.3 Å². The van der Waals surface area contributed by atoms with Crippen molar-refractivity contribution in [1.29, 1.82) is 0 Å². The number of aliphatic hydroxyl groups excluding tert-OH is 1. The molecule has 3 heterocycles. The first-order valence-corrected chi connectivity index (χ1v) is 12.6. The van der Waals surface area contributed by atoms with E-state index in [4.69, 9.17) is 19.5 Å². The van der Waals surface area contributed by atoms with E-state index < -0.39 is 49.7 Å². The van der Waals surface area contributed by atoms with Crippen LogP contribution in [0.5, 0.6) is 5.75 Å². The number of carbonyl (C=O) groups excluding carboxylic acids is 1. The standard InChI is InChI=1S/C21H27N6O8P/c1-11-14(34-19(16(11)28)27-10-23-15-17(27)24-21(22)25-18(15)29)9-33-36(31,26-12(2)20(30)32-3)35-13-7-5-4-6-8-13/h4-8,10-12,14,16,19,28H,9H2,1-3H3,(H,26,31)(H3,22,24,25,29)/t11-,12-,14-,16-,19-,36?/m1/s1. The number of para-hydroxylation sites is 1. The lowest BCUT2D eigenvalue weighted by Gasteiger charge is -2.24. The molecule has 0 spiro atoms. The van der Waals surface area contributed by atoms with Gasteiger partial charge in [-0.1, -0.05) is 25.1 Å². The van der Waals surface area contributed by atoms with Gasteiger partial charge in [0.05, 0.1) is 26.1 Å². The number of esters is 1. The van der Waals surface area contributed by atoms with E-state index in [9.17, 15) is 19.3 Å². The number of methoxy groups -OCH3 is 1. The van der Waals surface area contributed by atoms with Gasteiger partial charge in [0.1, 0.15) is 17.9 Å². The van der Waals surface area contributed by atoms with Crippen LogP contribution < -0.4 is 20.9 Å². The maximum Gasteiger partial charge on any atom is 0.459 e. The van der Waals surface area contributed by atoms with Gasteiger partial charge in [-0.2, -0.15) is 10.1 Å². The predicted molar refractivity (Wildman–Crippen MR) is 127 cm³/mol. The Morgan fingerprint density at radius 1 is 1.39 bits per heavy atom. The maximum atomic E-state index is 13.6. The molecule has 1 aliphatic heterocycles. The summed E-state index contributed by atoms with van der Waals surface area (Å²) < 4.78 is 36.9. The number of hydrogen-bond donors (Lipinski definition) is 4. The number of aromatic nitrogens is 4. The van der Waals surface area contributed by atoms with Gasteiger partial charge in [0, 0.05) is 5.92 Å². The number of rotatable bonds is 9. The summed E-state index contributed by atoms with van der Waals surface area (Å²) in [4.78, 5) is 34.5. The van der Waals surface area contributed by atoms with Crippen molar-refractivity contribution in [3.05, 3.63) is 47.0 Å². The van der Waals surface area contributed by atoms with Crippen LogP contribution in [0.25, 0.3) is 11.2 Å². The smallest absolute Gasteiger partial charge is 0.459 e. The molecule has 14 nitrogen and oxygen atoms in total. The Bertz CT molecular complexity index is 1330. The molecule has 0 amide bonds. The topological polar surface area (TPSA) is 193 Å². The Labute approximate surface area is 205 Å². The van der Waals surface area contributed by atoms with Crippen LogP contribution >= 0.6 is 7.75 Å². The number of H-pyrrole nitrogens is 1. The zero-order valence-electron chi connectivity index (χ0n) is 19.7. The highest BCUT2D eigenvalue weighted by Crippen LogP contribution is 2.46. The third-order valence-electron chi connectivity index (χ3n) is 5.74. The first-order valence-electron chi connectivity index (χ1n) is 11.0. The average molecular weight is 522 g/mol. The molecule has 6 atom stereocenters. The number of nitrogen functional groups attached to an aromatic ring is 1. The number of imidazole rings is 1. The number of aliphatic hydroxyl groups is 1. The number of hydrogen-bond acceptors (Lipinski definition) is 11. The molecule has 15 heteroatoms. The summed E-state index contributed by atoms with van der Waals surface area (Å²) in [5, 5.41) is 13.4. The first-order chi connectivity index (χ1) is 17.1. The second-order valence-corrected chi connectivity index (χ2v) is 9.96. The Morgan fingerprint density at radius 3 is 2.81 bits per heavy atom. The summed E-state index contributed by atoms with van der Waals surface area (Å²) >= 11 is 0.